The van der Waals surface area contributed by atoms with E-state index in [0.29, 0.717) is 25.1 Å². The Balaban J connectivity index is 2.34. The summed E-state index contributed by atoms with van der Waals surface area (Å²) in [5.41, 5.74) is -0.948. The fraction of sp³-hybridized carbons (Fsp3) is 0.385. The molecule has 1 aromatic carbocycles. The van der Waals surface area contributed by atoms with Crippen molar-refractivity contribution in [3.8, 4) is 0 Å². The Hall–Kier alpha value is -2.02. The van der Waals surface area contributed by atoms with E-state index in [0.717, 1.165) is 0 Å². The van der Waals surface area contributed by atoms with Crippen molar-refractivity contribution in [1.29, 1.82) is 0 Å². The van der Waals surface area contributed by atoms with Crippen LogP contribution in [0.4, 0.5) is 8.78 Å². The van der Waals surface area contributed by atoms with Crippen molar-refractivity contribution in [2.24, 2.45) is 5.92 Å². The average Bonchev–Trinajstić information content (AvgIpc) is 2.89. The van der Waals surface area contributed by atoms with Gasteiger partial charge >= 0.3 is 5.97 Å². The fourth-order valence-electron chi connectivity index (χ4n) is 2.24. The third kappa shape index (κ3) is 2.62. The van der Waals surface area contributed by atoms with Crippen LogP contribution < -0.4 is 0 Å². The monoisotopic (exact) mass is 285 g/mol. The van der Waals surface area contributed by atoms with E-state index in [1.807, 2.05) is 0 Å². The van der Waals surface area contributed by atoms with Gasteiger partial charge in [-0.3, -0.25) is 4.79 Å². The predicted molar refractivity (Wildman–Crippen MR) is 64.4 cm³/mol. The first-order chi connectivity index (χ1) is 9.43. The molecular weight excluding hydrogens is 272 g/mol. The van der Waals surface area contributed by atoms with Gasteiger partial charge < -0.3 is 15.1 Å². The number of halogens is 2. The fourth-order valence-corrected chi connectivity index (χ4v) is 2.24. The summed E-state index contributed by atoms with van der Waals surface area (Å²) in [5, 5.41) is 18.0. The zero-order chi connectivity index (χ0) is 14.9. The SMILES string of the molecule is O=C(O)c1cc(F)c(F)cc1C(=O)N1CCC(CO)C1. The molecule has 1 aliphatic heterocycles. The van der Waals surface area contributed by atoms with Gasteiger partial charge in [0.25, 0.3) is 5.91 Å². The molecule has 1 heterocycles. The minimum absolute atomic E-state index is 0.0717. The number of likely N-dealkylation sites (tertiary alicyclic amines) is 1. The van der Waals surface area contributed by atoms with Crippen molar-refractivity contribution in [1.82, 2.24) is 4.90 Å². The zero-order valence-electron chi connectivity index (χ0n) is 10.5. The molecule has 108 valence electrons. The van der Waals surface area contributed by atoms with Gasteiger partial charge in [-0.15, -0.1) is 0 Å². The smallest absolute Gasteiger partial charge is 0.336 e. The van der Waals surface area contributed by atoms with E-state index >= 15 is 0 Å². The molecule has 0 aliphatic carbocycles. The van der Waals surface area contributed by atoms with Crippen molar-refractivity contribution < 1.29 is 28.6 Å². The van der Waals surface area contributed by atoms with Crippen LogP contribution in [0.15, 0.2) is 12.1 Å². The Kier molecular flexibility index (Phi) is 3.99. The maximum absolute atomic E-state index is 13.2. The first-order valence-corrected chi connectivity index (χ1v) is 6.06. The summed E-state index contributed by atoms with van der Waals surface area (Å²) in [6.07, 6.45) is 0.592. The highest BCUT2D eigenvalue weighted by molar-refractivity contribution is 6.04. The van der Waals surface area contributed by atoms with Crippen LogP contribution in [0.1, 0.15) is 27.1 Å². The van der Waals surface area contributed by atoms with Gasteiger partial charge in [0, 0.05) is 25.6 Å². The lowest BCUT2D eigenvalue weighted by Gasteiger charge is -2.17. The Morgan fingerprint density at radius 3 is 2.35 bits per heavy atom. The number of nitrogens with zero attached hydrogens (tertiary/aromatic N) is 1. The average molecular weight is 285 g/mol. The lowest BCUT2D eigenvalue weighted by atomic mass is 10.1. The molecule has 0 spiro atoms. The number of carbonyl (C=O) groups is 2. The molecule has 0 saturated carbocycles. The van der Waals surface area contributed by atoms with E-state index in [2.05, 4.69) is 0 Å². The van der Waals surface area contributed by atoms with Gasteiger partial charge in [-0.1, -0.05) is 0 Å². The summed E-state index contributed by atoms with van der Waals surface area (Å²) < 4.78 is 26.3. The summed E-state index contributed by atoms with van der Waals surface area (Å²) in [6, 6.07) is 1.11. The summed E-state index contributed by atoms with van der Waals surface area (Å²) >= 11 is 0. The largest absolute Gasteiger partial charge is 0.478 e. The first-order valence-electron chi connectivity index (χ1n) is 6.06. The maximum Gasteiger partial charge on any atom is 0.336 e. The second-order valence-electron chi connectivity index (χ2n) is 4.71. The van der Waals surface area contributed by atoms with Crippen LogP contribution in [0.2, 0.25) is 0 Å². The van der Waals surface area contributed by atoms with Gasteiger partial charge in [0.05, 0.1) is 11.1 Å². The molecule has 0 radical (unpaired) electrons. The van der Waals surface area contributed by atoms with Gasteiger partial charge in [-0.05, 0) is 18.6 Å². The standard InChI is InChI=1S/C13H13F2NO4/c14-10-3-8(9(13(19)20)4-11(10)15)12(18)16-2-1-7(5-16)6-17/h3-4,7,17H,1-2,5-6H2,(H,19,20). The van der Waals surface area contributed by atoms with Crippen LogP contribution in [0.3, 0.4) is 0 Å². The third-order valence-corrected chi connectivity index (χ3v) is 3.35. The Labute approximate surface area is 113 Å². The molecule has 0 bridgehead atoms. The van der Waals surface area contributed by atoms with Crippen LogP contribution in [-0.4, -0.2) is 46.7 Å². The Morgan fingerprint density at radius 1 is 1.25 bits per heavy atom. The van der Waals surface area contributed by atoms with Crippen LogP contribution in [0.25, 0.3) is 0 Å². The summed E-state index contributed by atoms with van der Waals surface area (Å²) in [7, 11) is 0. The molecule has 1 amide bonds. The van der Waals surface area contributed by atoms with Gasteiger partial charge in [-0.2, -0.15) is 0 Å². The number of aliphatic hydroxyl groups excluding tert-OH is 1. The molecule has 1 aliphatic rings. The predicted octanol–water partition coefficient (Wildman–Crippen LogP) is 1.12. The van der Waals surface area contributed by atoms with E-state index in [9.17, 15) is 18.4 Å². The van der Waals surface area contributed by atoms with Crippen LogP contribution in [0, 0.1) is 17.6 Å². The molecule has 1 fully saturated rings. The third-order valence-electron chi connectivity index (χ3n) is 3.35. The first kappa shape index (κ1) is 14.4. The van der Waals surface area contributed by atoms with Crippen molar-refractivity contribution in [3.05, 3.63) is 34.9 Å². The van der Waals surface area contributed by atoms with Gasteiger partial charge in [0.2, 0.25) is 0 Å². The van der Waals surface area contributed by atoms with Crippen LogP contribution in [0.5, 0.6) is 0 Å². The number of aliphatic hydroxyl groups is 1. The molecule has 0 aromatic heterocycles. The second kappa shape index (κ2) is 5.54. The highest BCUT2D eigenvalue weighted by atomic mass is 19.2. The molecule has 20 heavy (non-hydrogen) atoms. The lowest BCUT2D eigenvalue weighted by Crippen LogP contribution is -2.30. The van der Waals surface area contributed by atoms with Crippen molar-refractivity contribution in [2.75, 3.05) is 19.7 Å². The van der Waals surface area contributed by atoms with E-state index in [1.165, 1.54) is 4.90 Å². The van der Waals surface area contributed by atoms with E-state index < -0.39 is 29.1 Å². The van der Waals surface area contributed by atoms with E-state index in [4.69, 9.17) is 10.2 Å². The van der Waals surface area contributed by atoms with Crippen molar-refractivity contribution in [2.45, 2.75) is 6.42 Å². The van der Waals surface area contributed by atoms with Gasteiger partial charge in [0.1, 0.15) is 0 Å². The number of benzene rings is 1. The number of carboxylic acid groups (broad SMARTS) is 1. The Bertz CT molecular complexity index is 562. The Morgan fingerprint density at radius 2 is 1.85 bits per heavy atom. The topological polar surface area (TPSA) is 77.8 Å². The number of carbonyl (C=O) groups excluding carboxylic acids is 1. The highest BCUT2D eigenvalue weighted by Crippen LogP contribution is 2.22. The number of hydrogen-bond donors (Lipinski definition) is 2. The molecule has 2 N–H and O–H groups in total. The second-order valence-corrected chi connectivity index (χ2v) is 4.71. The summed E-state index contributed by atoms with van der Waals surface area (Å²) in [5.74, 6) is -4.82. The molecular formula is C13H13F2NO4. The van der Waals surface area contributed by atoms with Crippen molar-refractivity contribution >= 4 is 11.9 Å². The van der Waals surface area contributed by atoms with Gasteiger partial charge in [-0.25, -0.2) is 13.6 Å². The lowest BCUT2D eigenvalue weighted by molar-refractivity contribution is 0.0678. The molecule has 1 saturated heterocycles. The number of rotatable bonds is 3. The maximum atomic E-state index is 13.2. The zero-order valence-corrected chi connectivity index (χ0v) is 10.5. The molecule has 1 atom stereocenters. The minimum atomic E-state index is -1.50. The van der Waals surface area contributed by atoms with Crippen molar-refractivity contribution in [3.63, 3.8) is 0 Å². The normalized spacial score (nSPS) is 18.4. The van der Waals surface area contributed by atoms with E-state index in [-0.39, 0.29) is 24.6 Å². The number of amides is 1. The van der Waals surface area contributed by atoms with Crippen LogP contribution in [-0.2, 0) is 0 Å². The molecule has 7 heteroatoms. The van der Waals surface area contributed by atoms with E-state index in [1.54, 1.807) is 0 Å². The summed E-state index contributed by atoms with van der Waals surface area (Å²) in [4.78, 5) is 24.5. The van der Waals surface area contributed by atoms with Crippen LogP contribution >= 0.6 is 0 Å². The number of carboxylic acids is 1. The molecule has 2 rings (SSSR count). The molecule has 5 nitrogen and oxygen atoms in total. The number of hydrogen-bond acceptors (Lipinski definition) is 3. The highest BCUT2D eigenvalue weighted by Gasteiger charge is 2.29. The minimum Gasteiger partial charge on any atom is -0.478 e. The molecule has 1 unspecified atom stereocenters. The number of aromatic carboxylic acids is 1. The van der Waals surface area contributed by atoms with Gasteiger partial charge in [0.15, 0.2) is 11.6 Å². The quantitative estimate of drug-likeness (QED) is 0.872. The summed E-state index contributed by atoms with van der Waals surface area (Å²) in [6.45, 7) is 0.544. The molecule has 1 aromatic rings.